The molecule has 0 fully saturated rings. The Bertz CT molecular complexity index is 1130. The fourth-order valence-electron chi connectivity index (χ4n) is 3.04. The van der Waals surface area contributed by atoms with E-state index in [1.54, 1.807) is 53.5 Å². The molecule has 0 radical (unpaired) electrons. The first-order chi connectivity index (χ1) is 14.5. The second-order valence-electron chi connectivity index (χ2n) is 6.57. The number of rotatable bonds is 4. The maximum atomic E-state index is 12.6. The summed E-state index contributed by atoms with van der Waals surface area (Å²) in [6, 6.07) is 20.7. The zero-order valence-electron chi connectivity index (χ0n) is 15.6. The van der Waals surface area contributed by atoms with Crippen LogP contribution in [0.2, 0.25) is 10.0 Å². The van der Waals surface area contributed by atoms with Crippen LogP contribution in [0.1, 0.15) is 31.8 Å². The molecule has 0 bridgehead atoms. The Balaban J connectivity index is 1.56. The Kier molecular flexibility index (Phi) is 5.70. The lowest BCUT2D eigenvalue weighted by molar-refractivity contribution is 0.0869. The molecule has 150 valence electrons. The van der Waals surface area contributed by atoms with E-state index in [2.05, 4.69) is 16.0 Å². The number of nitrogens with one attached hydrogen (secondary N) is 2. The van der Waals surface area contributed by atoms with Gasteiger partial charge in [0.05, 0.1) is 6.54 Å². The molecule has 0 saturated carbocycles. The van der Waals surface area contributed by atoms with Crippen LogP contribution in [0.4, 0.5) is 0 Å². The Hall–Kier alpha value is -3.35. The smallest absolute Gasteiger partial charge is 0.267 e. The molecule has 0 atom stereocenters. The summed E-state index contributed by atoms with van der Waals surface area (Å²) in [7, 11) is 0. The highest BCUT2D eigenvalue weighted by molar-refractivity contribution is 6.31. The van der Waals surface area contributed by atoms with Crippen molar-refractivity contribution in [3.63, 3.8) is 0 Å². The van der Waals surface area contributed by atoms with Crippen molar-refractivity contribution in [1.82, 2.24) is 15.9 Å². The van der Waals surface area contributed by atoms with Gasteiger partial charge in [0.1, 0.15) is 0 Å². The van der Waals surface area contributed by atoms with Gasteiger partial charge in [-0.3, -0.25) is 20.0 Å². The van der Waals surface area contributed by atoms with Gasteiger partial charge in [0.25, 0.3) is 11.8 Å². The highest BCUT2D eigenvalue weighted by atomic mass is 35.5. The molecule has 3 aromatic rings. The van der Waals surface area contributed by atoms with Crippen LogP contribution in [0.5, 0.6) is 0 Å². The van der Waals surface area contributed by atoms with Crippen molar-refractivity contribution in [1.29, 1.82) is 0 Å². The van der Waals surface area contributed by atoms with E-state index >= 15 is 0 Å². The van der Waals surface area contributed by atoms with Gasteiger partial charge < -0.3 is 0 Å². The number of benzene rings is 3. The monoisotopic (exact) mass is 438 g/mol. The lowest BCUT2D eigenvalue weighted by Crippen LogP contribution is -2.43. The van der Waals surface area contributed by atoms with Crippen LogP contribution in [0, 0.1) is 0 Å². The van der Waals surface area contributed by atoms with Gasteiger partial charge >= 0.3 is 0 Å². The van der Waals surface area contributed by atoms with E-state index in [9.17, 15) is 9.59 Å². The molecule has 0 spiro atoms. The number of hydrogen-bond donors (Lipinski definition) is 2. The van der Waals surface area contributed by atoms with Gasteiger partial charge in [-0.2, -0.15) is 5.10 Å². The highest BCUT2D eigenvalue weighted by Crippen LogP contribution is 2.22. The van der Waals surface area contributed by atoms with Gasteiger partial charge in [-0.15, -0.1) is 0 Å². The molecule has 2 amide bonds. The predicted octanol–water partition coefficient (Wildman–Crippen LogP) is 4.25. The molecule has 6 nitrogen and oxygen atoms in total. The molecule has 1 aliphatic rings. The predicted molar refractivity (Wildman–Crippen MR) is 116 cm³/mol. The highest BCUT2D eigenvalue weighted by Gasteiger charge is 2.27. The summed E-state index contributed by atoms with van der Waals surface area (Å²) in [5.41, 5.74) is 8.07. The number of amidine groups is 1. The van der Waals surface area contributed by atoms with Crippen molar-refractivity contribution < 1.29 is 9.59 Å². The minimum atomic E-state index is -0.382. The minimum Gasteiger partial charge on any atom is -0.267 e. The molecule has 1 aliphatic heterocycles. The third kappa shape index (κ3) is 4.30. The second-order valence-corrected chi connectivity index (χ2v) is 7.45. The van der Waals surface area contributed by atoms with E-state index in [1.807, 2.05) is 24.3 Å². The van der Waals surface area contributed by atoms with Crippen molar-refractivity contribution in [3.8, 4) is 0 Å². The summed E-state index contributed by atoms with van der Waals surface area (Å²) in [4.78, 5) is 25.1. The van der Waals surface area contributed by atoms with Crippen LogP contribution in [-0.4, -0.2) is 22.7 Å². The van der Waals surface area contributed by atoms with Crippen molar-refractivity contribution in [3.05, 3.63) is 105 Å². The Morgan fingerprint density at radius 3 is 2.00 bits per heavy atom. The van der Waals surface area contributed by atoms with Crippen LogP contribution in [0.25, 0.3) is 0 Å². The summed E-state index contributed by atoms with van der Waals surface area (Å²) in [5, 5.41) is 6.97. The second kappa shape index (κ2) is 8.57. The number of hydrazone groups is 1. The lowest BCUT2D eigenvalue weighted by Gasteiger charge is -2.20. The first-order valence-electron chi connectivity index (χ1n) is 9.07. The standard InChI is InChI=1S/C22H16Cl2N4O2/c23-17-9-5-14(6-10-17)21(29)26-25-20-19-4-2-1-3-16(19)13-28(20)27-22(30)15-7-11-18(24)12-8-15/h1-12H,13H2,(H,26,29)(H,27,30)/b25-20-. The number of hydrazine groups is 1. The van der Waals surface area contributed by atoms with Crippen LogP contribution in [0.15, 0.2) is 77.9 Å². The molecular formula is C22H16Cl2N4O2. The van der Waals surface area contributed by atoms with E-state index < -0.39 is 0 Å². The Morgan fingerprint density at radius 2 is 1.37 bits per heavy atom. The number of nitrogens with zero attached hydrogens (tertiary/aromatic N) is 2. The molecule has 0 aromatic heterocycles. The number of amides is 2. The van der Waals surface area contributed by atoms with Gasteiger partial charge in [-0.1, -0.05) is 47.5 Å². The summed E-state index contributed by atoms with van der Waals surface area (Å²) in [5.74, 6) is -0.251. The molecule has 2 N–H and O–H groups in total. The zero-order chi connectivity index (χ0) is 21.1. The minimum absolute atomic E-state index is 0.309. The topological polar surface area (TPSA) is 73.8 Å². The third-order valence-electron chi connectivity index (χ3n) is 4.56. The molecule has 0 aliphatic carbocycles. The number of carbonyl (C=O) groups is 2. The molecule has 0 saturated heterocycles. The average molecular weight is 439 g/mol. The van der Waals surface area contributed by atoms with E-state index in [0.29, 0.717) is 33.6 Å². The molecule has 3 aromatic carbocycles. The molecule has 30 heavy (non-hydrogen) atoms. The summed E-state index contributed by atoms with van der Waals surface area (Å²) in [6.45, 7) is 0.422. The first-order valence-corrected chi connectivity index (χ1v) is 9.83. The molecular weight excluding hydrogens is 423 g/mol. The summed E-state index contributed by atoms with van der Waals surface area (Å²) in [6.07, 6.45) is 0. The Labute approximate surface area is 183 Å². The van der Waals surface area contributed by atoms with Crippen molar-refractivity contribution in [2.45, 2.75) is 6.54 Å². The maximum absolute atomic E-state index is 12.6. The van der Waals surface area contributed by atoms with Crippen LogP contribution in [-0.2, 0) is 6.54 Å². The van der Waals surface area contributed by atoms with E-state index in [-0.39, 0.29) is 11.8 Å². The van der Waals surface area contributed by atoms with E-state index in [1.165, 1.54) is 0 Å². The van der Waals surface area contributed by atoms with E-state index in [0.717, 1.165) is 11.1 Å². The van der Waals surface area contributed by atoms with Crippen molar-refractivity contribution >= 4 is 40.9 Å². The fourth-order valence-corrected chi connectivity index (χ4v) is 3.29. The van der Waals surface area contributed by atoms with Gasteiger partial charge in [-0.25, -0.2) is 5.43 Å². The third-order valence-corrected chi connectivity index (χ3v) is 5.06. The largest absolute Gasteiger partial charge is 0.271 e. The van der Waals surface area contributed by atoms with Gasteiger partial charge in [-0.05, 0) is 54.1 Å². The molecule has 4 rings (SSSR count). The van der Waals surface area contributed by atoms with Gasteiger partial charge in [0, 0.05) is 26.7 Å². The number of fused-ring (bicyclic) bond motifs is 1. The lowest BCUT2D eigenvalue weighted by atomic mass is 10.1. The summed E-state index contributed by atoms with van der Waals surface area (Å²) >= 11 is 11.8. The van der Waals surface area contributed by atoms with Crippen molar-refractivity contribution in [2.24, 2.45) is 5.10 Å². The zero-order valence-corrected chi connectivity index (χ0v) is 17.1. The molecule has 1 heterocycles. The quantitative estimate of drug-likeness (QED) is 0.598. The average Bonchev–Trinajstić information content (AvgIpc) is 3.10. The van der Waals surface area contributed by atoms with Gasteiger partial charge in [0.15, 0.2) is 5.84 Å². The molecule has 8 heteroatoms. The normalized spacial score (nSPS) is 13.8. The number of carbonyl (C=O) groups excluding carboxylic acids is 2. The summed E-state index contributed by atoms with van der Waals surface area (Å²) < 4.78 is 0. The number of hydrogen-bond acceptors (Lipinski definition) is 3. The fraction of sp³-hybridized carbons (Fsp3) is 0.0455. The SMILES string of the molecule is O=C(N/N=C1/c2ccccc2CN1NC(=O)c1ccc(Cl)cc1)c1ccc(Cl)cc1. The number of halogens is 2. The van der Waals surface area contributed by atoms with E-state index in [4.69, 9.17) is 23.2 Å². The van der Waals surface area contributed by atoms with Crippen molar-refractivity contribution in [2.75, 3.05) is 0 Å². The Morgan fingerprint density at radius 1 is 0.800 bits per heavy atom. The van der Waals surface area contributed by atoms with Crippen LogP contribution >= 0.6 is 23.2 Å². The maximum Gasteiger partial charge on any atom is 0.271 e. The van der Waals surface area contributed by atoms with Crippen LogP contribution < -0.4 is 10.9 Å². The molecule has 0 unspecified atom stereocenters. The first kappa shape index (κ1) is 19.9. The van der Waals surface area contributed by atoms with Gasteiger partial charge in [0.2, 0.25) is 0 Å². The van der Waals surface area contributed by atoms with Crippen LogP contribution in [0.3, 0.4) is 0 Å².